The Kier molecular flexibility index (Phi) is 5.17. The Morgan fingerprint density at radius 1 is 1.64 bits per heavy atom. The summed E-state index contributed by atoms with van der Waals surface area (Å²) in [6.07, 6.45) is 5.03. The van der Waals surface area contributed by atoms with Crippen molar-refractivity contribution in [2.75, 3.05) is 13.1 Å². The smallest absolute Gasteiger partial charge is 0.246 e. The lowest BCUT2D eigenvalue weighted by molar-refractivity contribution is -0.125. The second-order valence-electron chi connectivity index (χ2n) is 2.17. The molecule has 0 aromatic carbocycles. The van der Waals surface area contributed by atoms with E-state index < -0.39 is 0 Å². The minimum atomic E-state index is 0.0508. The van der Waals surface area contributed by atoms with Gasteiger partial charge in [0.25, 0.3) is 0 Å². The molecule has 0 atom stereocenters. The third-order valence-electron chi connectivity index (χ3n) is 1.35. The zero-order valence-corrected chi connectivity index (χ0v) is 7.21. The Bertz CT molecular complexity index is 161. The molecular weight excluding hydrogens is 138 g/mol. The molecule has 0 radical (unpaired) electrons. The summed E-state index contributed by atoms with van der Waals surface area (Å²) in [7, 11) is 0. The van der Waals surface area contributed by atoms with Crippen LogP contribution in [0.5, 0.6) is 0 Å². The van der Waals surface area contributed by atoms with Crippen LogP contribution in [0.15, 0.2) is 24.8 Å². The molecule has 11 heavy (non-hydrogen) atoms. The summed E-state index contributed by atoms with van der Waals surface area (Å²) >= 11 is 0. The first-order chi connectivity index (χ1) is 5.26. The van der Waals surface area contributed by atoms with Gasteiger partial charge in [-0.15, -0.1) is 6.58 Å². The number of amides is 1. The van der Waals surface area contributed by atoms with Crippen molar-refractivity contribution in [2.24, 2.45) is 0 Å². The van der Waals surface area contributed by atoms with E-state index in [4.69, 9.17) is 0 Å². The van der Waals surface area contributed by atoms with Crippen LogP contribution in [0.2, 0.25) is 0 Å². The number of carbonyl (C=O) groups excluding carboxylic acids is 1. The van der Waals surface area contributed by atoms with Crippen molar-refractivity contribution >= 4 is 5.91 Å². The molecule has 0 aliphatic carbocycles. The van der Waals surface area contributed by atoms with E-state index in [1.807, 2.05) is 13.8 Å². The molecule has 62 valence electrons. The zero-order valence-electron chi connectivity index (χ0n) is 7.21. The van der Waals surface area contributed by atoms with E-state index in [1.165, 1.54) is 0 Å². The molecule has 0 aromatic rings. The fraction of sp³-hybridized carbons (Fsp3) is 0.444. The number of allylic oxidation sites excluding steroid dienone is 1. The molecule has 0 saturated heterocycles. The lowest BCUT2D eigenvalue weighted by atomic mass is 10.4. The number of rotatable bonds is 4. The molecule has 0 bridgehead atoms. The lowest BCUT2D eigenvalue weighted by Gasteiger charge is -2.16. The predicted molar refractivity (Wildman–Crippen MR) is 47.3 cm³/mol. The van der Waals surface area contributed by atoms with Crippen molar-refractivity contribution < 1.29 is 4.79 Å². The maximum absolute atomic E-state index is 11.2. The summed E-state index contributed by atoms with van der Waals surface area (Å²) in [6.45, 7) is 8.71. The first kappa shape index (κ1) is 9.95. The van der Waals surface area contributed by atoms with Crippen LogP contribution in [-0.2, 0) is 4.79 Å². The maximum Gasteiger partial charge on any atom is 0.246 e. The topological polar surface area (TPSA) is 20.3 Å². The van der Waals surface area contributed by atoms with Gasteiger partial charge >= 0.3 is 0 Å². The van der Waals surface area contributed by atoms with Gasteiger partial charge in [0.1, 0.15) is 0 Å². The highest BCUT2D eigenvalue weighted by Gasteiger charge is 2.03. The van der Waals surface area contributed by atoms with Crippen LogP contribution < -0.4 is 0 Å². The second kappa shape index (κ2) is 5.71. The first-order valence-electron chi connectivity index (χ1n) is 3.78. The van der Waals surface area contributed by atoms with Crippen LogP contribution in [0.25, 0.3) is 0 Å². The molecule has 0 rings (SSSR count). The van der Waals surface area contributed by atoms with E-state index in [-0.39, 0.29) is 5.91 Å². The Morgan fingerprint density at radius 3 is 2.64 bits per heavy atom. The molecular formula is C9H15NO. The molecule has 0 unspecified atom stereocenters. The van der Waals surface area contributed by atoms with Crippen molar-refractivity contribution in [1.29, 1.82) is 0 Å². The van der Waals surface area contributed by atoms with Crippen LogP contribution in [-0.4, -0.2) is 23.9 Å². The van der Waals surface area contributed by atoms with Gasteiger partial charge in [-0.25, -0.2) is 0 Å². The molecule has 0 saturated carbocycles. The summed E-state index contributed by atoms with van der Waals surface area (Å²) in [5.74, 6) is 0.0508. The molecule has 1 amide bonds. The summed E-state index contributed by atoms with van der Waals surface area (Å²) in [5, 5.41) is 0. The number of hydrogen-bond donors (Lipinski definition) is 0. The van der Waals surface area contributed by atoms with Gasteiger partial charge < -0.3 is 4.90 Å². The molecule has 0 N–H and O–H groups in total. The molecule has 2 nitrogen and oxygen atoms in total. The minimum Gasteiger partial charge on any atom is -0.336 e. The minimum absolute atomic E-state index is 0.0508. The predicted octanol–water partition coefficient (Wildman–Crippen LogP) is 1.60. The lowest BCUT2D eigenvalue weighted by Crippen LogP contribution is -2.29. The van der Waals surface area contributed by atoms with Gasteiger partial charge in [0.05, 0.1) is 0 Å². The Morgan fingerprint density at radius 2 is 2.27 bits per heavy atom. The van der Waals surface area contributed by atoms with E-state index in [0.29, 0.717) is 6.54 Å². The summed E-state index contributed by atoms with van der Waals surface area (Å²) in [4.78, 5) is 12.9. The van der Waals surface area contributed by atoms with Crippen LogP contribution in [0.1, 0.15) is 13.8 Å². The highest BCUT2D eigenvalue weighted by Crippen LogP contribution is 1.90. The number of nitrogens with zero attached hydrogens (tertiary/aromatic N) is 1. The zero-order chi connectivity index (χ0) is 8.69. The Balaban J connectivity index is 4.01. The third kappa shape index (κ3) is 3.61. The number of likely N-dealkylation sites (N-methyl/N-ethyl adjacent to an activating group) is 1. The van der Waals surface area contributed by atoms with E-state index in [1.54, 1.807) is 23.1 Å². The van der Waals surface area contributed by atoms with Gasteiger partial charge in [-0.05, 0) is 19.9 Å². The fourth-order valence-corrected chi connectivity index (χ4v) is 0.779. The first-order valence-corrected chi connectivity index (χ1v) is 3.78. The van der Waals surface area contributed by atoms with Gasteiger partial charge in [0.15, 0.2) is 0 Å². The molecule has 0 fully saturated rings. The largest absolute Gasteiger partial charge is 0.336 e. The summed E-state index contributed by atoms with van der Waals surface area (Å²) in [5.41, 5.74) is 0. The second-order valence-corrected chi connectivity index (χ2v) is 2.17. The van der Waals surface area contributed by atoms with Crippen molar-refractivity contribution in [2.45, 2.75) is 13.8 Å². The van der Waals surface area contributed by atoms with Crippen LogP contribution in [0, 0.1) is 0 Å². The third-order valence-corrected chi connectivity index (χ3v) is 1.35. The highest BCUT2D eigenvalue weighted by molar-refractivity contribution is 5.87. The maximum atomic E-state index is 11.2. The highest BCUT2D eigenvalue weighted by atomic mass is 16.2. The van der Waals surface area contributed by atoms with Crippen LogP contribution >= 0.6 is 0 Å². The summed E-state index contributed by atoms with van der Waals surface area (Å²) < 4.78 is 0. The SMILES string of the molecule is C=CCN(CC)C(=O)C=CC. The number of hydrogen-bond acceptors (Lipinski definition) is 1. The molecule has 0 aromatic heterocycles. The normalized spacial score (nSPS) is 10.0. The van der Waals surface area contributed by atoms with Crippen molar-refractivity contribution in [3.05, 3.63) is 24.8 Å². The van der Waals surface area contributed by atoms with Crippen LogP contribution in [0.4, 0.5) is 0 Å². The molecule has 0 aliphatic heterocycles. The Hall–Kier alpha value is -1.05. The van der Waals surface area contributed by atoms with E-state index in [2.05, 4.69) is 6.58 Å². The van der Waals surface area contributed by atoms with Crippen molar-refractivity contribution in [1.82, 2.24) is 4.90 Å². The van der Waals surface area contributed by atoms with E-state index in [9.17, 15) is 4.79 Å². The standard InChI is InChI=1S/C9H15NO/c1-4-7-9(11)10(6-3)8-5-2/h4-5,7H,2,6,8H2,1,3H3. The quantitative estimate of drug-likeness (QED) is 0.443. The molecule has 0 heterocycles. The van der Waals surface area contributed by atoms with Gasteiger partial charge in [0.2, 0.25) is 5.91 Å². The van der Waals surface area contributed by atoms with Gasteiger partial charge in [-0.3, -0.25) is 4.79 Å². The van der Waals surface area contributed by atoms with E-state index in [0.717, 1.165) is 6.54 Å². The molecule has 0 aliphatic rings. The average Bonchev–Trinajstić information content (AvgIpc) is 2.00. The average molecular weight is 153 g/mol. The molecule has 0 spiro atoms. The Labute approximate surface area is 68.2 Å². The monoisotopic (exact) mass is 153 g/mol. The van der Waals surface area contributed by atoms with Crippen molar-refractivity contribution in [3.8, 4) is 0 Å². The van der Waals surface area contributed by atoms with Gasteiger partial charge in [0, 0.05) is 13.1 Å². The van der Waals surface area contributed by atoms with Gasteiger partial charge in [-0.1, -0.05) is 12.2 Å². The molecule has 2 heteroatoms. The van der Waals surface area contributed by atoms with Gasteiger partial charge in [-0.2, -0.15) is 0 Å². The van der Waals surface area contributed by atoms with Crippen LogP contribution in [0.3, 0.4) is 0 Å². The van der Waals surface area contributed by atoms with Crippen molar-refractivity contribution in [3.63, 3.8) is 0 Å². The fourth-order valence-electron chi connectivity index (χ4n) is 0.779. The summed E-state index contributed by atoms with van der Waals surface area (Å²) in [6, 6.07) is 0. The number of carbonyl (C=O) groups is 1. The van der Waals surface area contributed by atoms with E-state index >= 15 is 0 Å².